The molecule has 9 nitrogen and oxygen atoms in total. The number of benzene rings is 1. The Kier molecular flexibility index (Phi) is 4.76. The molecule has 1 aliphatic heterocycles. The van der Waals surface area contributed by atoms with Gasteiger partial charge in [-0.25, -0.2) is 13.1 Å². The van der Waals surface area contributed by atoms with Gasteiger partial charge in [-0.2, -0.15) is 0 Å². The molecule has 0 unspecified atom stereocenters. The number of hydrogen-bond donors (Lipinski definition) is 3. The average molecular weight is 330 g/mol. The van der Waals surface area contributed by atoms with Crippen LogP contribution in [0.5, 0.6) is 0 Å². The molecule has 22 heavy (non-hydrogen) atoms. The van der Waals surface area contributed by atoms with E-state index in [0.717, 1.165) is 18.4 Å². The minimum atomic E-state index is -4.24. The Hall–Kier alpha value is -2.01. The number of aliphatic hydroxyl groups is 2. The second kappa shape index (κ2) is 6.40. The van der Waals surface area contributed by atoms with Crippen LogP contribution >= 0.6 is 0 Å². The molecule has 0 aromatic heterocycles. The lowest BCUT2D eigenvalue weighted by atomic mass is 10.1. The Morgan fingerprint density at radius 2 is 2.05 bits per heavy atom. The zero-order valence-corrected chi connectivity index (χ0v) is 12.0. The third-order valence-corrected chi connectivity index (χ3v) is 4.62. The van der Waals surface area contributed by atoms with Crippen molar-refractivity contribution in [3.8, 4) is 0 Å². The Labute approximate surface area is 126 Å². The zero-order chi connectivity index (χ0) is 16.3. The largest absolute Gasteiger partial charge is 0.493 e. The fraction of sp³-hybridized carbons (Fsp3) is 0.333. The lowest BCUT2D eigenvalue weighted by Crippen LogP contribution is -2.50. The third-order valence-electron chi connectivity index (χ3n) is 3.11. The number of nitrogens with zero attached hydrogens (tertiary/aromatic N) is 1. The summed E-state index contributed by atoms with van der Waals surface area (Å²) in [5.41, 5.74) is -0.570. The van der Waals surface area contributed by atoms with Crippen LogP contribution in [-0.4, -0.2) is 48.4 Å². The molecule has 0 aliphatic carbocycles. The van der Waals surface area contributed by atoms with E-state index < -0.39 is 50.4 Å². The van der Waals surface area contributed by atoms with Gasteiger partial charge in [0.05, 0.1) is 23.8 Å². The van der Waals surface area contributed by atoms with Crippen LogP contribution in [0.15, 0.2) is 41.5 Å². The first kappa shape index (κ1) is 16.4. The number of hydrogen-bond acceptors (Lipinski definition) is 7. The normalized spacial score (nSPS) is 24.7. The highest BCUT2D eigenvalue weighted by atomic mass is 32.2. The molecular formula is C12H14N2O7S. The summed E-state index contributed by atoms with van der Waals surface area (Å²) in [6.45, 7) is -0.505. The van der Waals surface area contributed by atoms with Gasteiger partial charge in [0, 0.05) is 6.07 Å². The smallest absolute Gasteiger partial charge is 0.289 e. The maximum absolute atomic E-state index is 12.3. The number of aliphatic hydroxyl groups excluding tert-OH is 2. The Balaban J connectivity index is 2.31. The van der Waals surface area contributed by atoms with Crippen LogP contribution in [0.2, 0.25) is 0 Å². The molecule has 10 heteroatoms. The molecule has 120 valence electrons. The van der Waals surface area contributed by atoms with Crippen molar-refractivity contribution >= 4 is 15.7 Å². The fourth-order valence-corrected chi connectivity index (χ4v) is 3.37. The summed E-state index contributed by atoms with van der Waals surface area (Å²) in [7, 11) is -4.24. The maximum atomic E-state index is 12.3. The predicted octanol–water partition coefficient (Wildman–Crippen LogP) is -0.493. The molecule has 0 saturated carbocycles. The first-order valence-corrected chi connectivity index (χ1v) is 7.72. The monoisotopic (exact) mass is 330 g/mol. The van der Waals surface area contributed by atoms with Crippen molar-refractivity contribution in [2.24, 2.45) is 0 Å². The number of rotatable bonds is 5. The minimum absolute atomic E-state index is 0.505. The summed E-state index contributed by atoms with van der Waals surface area (Å²) in [5.74, 6) is 0. The molecule has 1 aromatic carbocycles. The van der Waals surface area contributed by atoms with Crippen LogP contribution in [0.1, 0.15) is 0 Å². The van der Waals surface area contributed by atoms with Crippen molar-refractivity contribution in [2.45, 2.75) is 23.1 Å². The highest BCUT2D eigenvalue weighted by Crippen LogP contribution is 2.24. The van der Waals surface area contributed by atoms with Crippen molar-refractivity contribution in [2.75, 3.05) is 6.61 Å². The molecule has 1 heterocycles. The number of sulfonamides is 1. The van der Waals surface area contributed by atoms with Crippen molar-refractivity contribution in [1.82, 2.24) is 4.72 Å². The highest BCUT2D eigenvalue weighted by molar-refractivity contribution is 7.89. The fourth-order valence-electron chi connectivity index (χ4n) is 1.99. The molecule has 0 spiro atoms. The van der Waals surface area contributed by atoms with E-state index in [1.54, 1.807) is 0 Å². The predicted molar refractivity (Wildman–Crippen MR) is 74.3 cm³/mol. The van der Waals surface area contributed by atoms with Gasteiger partial charge in [-0.15, -0.1) is 0 Å². The van der Waals surface area contributed by atoms with Crippen molar-refractivity contribution in [1.29, 1.82) is 0 Å². The minimum Gasteiger partial charge on any atom is -0.493 e. The van der Waals surface area contributed by atoms with Gasteiger partial charge in [0.1, 0.15) is 12.2 Å². The molecule has 1 aliphatic rings. The summed E-state index contributed by atoms with van der Waals surface area (Å²) in [6, 6.07) is 3.80. The Morgan fingerprint density at radius 3 is 2.68 bits per heavy atom. The van der Waals surface area contributed by atoms with E-state index >= 15 is 0 Å². The van der Waals surface area contributed by atoms with Crippen molar-refractivity contribution in [3.63, 3.8) is 0 Å². The molecule has 2 rings (SSSR count). The topological polar surface area (TPSA) is 139 Å². The number of nitro groups is 1. The molecule has 0 saturated heterocycles. The Morgan fingerprint density at radius 1 is 1.36 bits per heavy atom. The van der Waals surface area contributed by atoms with Crippen LogP contribution in [-0.2, 0) is 14.8 Å². The number of ether oxygens (including phenoxy) is 1. The summed E-state index contributed by atoms with van der Waals surface area (Å²) < 4.78 is 31.7. The first-order valence-electron chi connectivity index (χ1n) is 6.23. The van der Waals surface area contributed by atoms with Crippen LogP contribution in [0.4, 0.5) is 5.69 Å². The molecule has 0 fully saturated rings. The van der Waals surface area contributed by atoms with Gasteiger partial charge in [-0.05, 0) is 12.1 Å². The van der Waals surface area contributed by atoms with Gasteiger partial charge < -0.3 is 14.9 Å². The van der Waals surface area contributed by atoms with E-state index in [1.165, 1.54) is 18.2 Å². The second-order valence-electron chi connectivity index (χ2n) is 4.55. The summed E-state index contributed by atoms with van der Waals surface area (Å²) >= 11 is 0. The zero-order valence-electron chi connectivity index (χ0n) is 11.2. The maximum Gasteiger partial charge on any atom is 0.289 e. The number of nitrogens with one attached hydrogen (secondary N) is 1. The molecule has 0 bridgehead atoms. The van der Waals surface area contributed by atoms with Crippen LogP contribution < -0.4 is 4.72 Å². The number of para-hydroxylation sites is 1. The SMILES string of the molecule is O=[N+]([O-])c1ccccc1S(=O)(=O)N[C@H]1C=CO[C@H](CO)[C@@H]1O. The molecule has 3 atom stereocenters. The standard InChI is InChI=1S/C12H14N2O7S/c15-7-10-12(16)8(5-6-21-10)13-22(19,20)11-4-2-1-3-9(11)14(17)18/h1-6,8,10,12-13,15-16H,7H2/t8-,10+,12+/m0/s1. The quantitative estimate of drug-likeness (QED) is 0.489. The van der Waals surface area contributed by atoms with Crippen molar-refractivity contribution < 1.29 is 28.3 Å². The first-order chi connectivity index (χ1) is 10.4. The summed E-state index contributed by atoms with van der Waals surface area (Å²) in [5, 5.41) is 29.9. The van der Waals surface area contributed by atoms with E-state index in [2.05, 4.69) is 4.72 Å². The van der Waals surface area contributed by atoms with Gasteiger partial charge in [-0.3, -0.25) is 10.1 Å². The van der Waals surface area contributed by atoms with Gasteiger partial charge in [-0.1, -0.05) is 12.1 Å². The van der Waals surface area contributed by atoms with Crippen LogP contribution in [0.25, 0.3) is 0 Å². The molecule has 0 amide bonds. The molecule has 3 N–H and O–H groups in total. The second-order valence-corrected chi connectivity index (χ2v) is 6.23. The van der Waals surface area contributed by atoms with E-state index in [1.807, 2.05) is 0 Å². The third kappa shape index (κ3) is 3.25. The summed E-state index contributed by atoms with van der Waals surface area (Å²) in [6.07, 6.45) is 0.0968. The van der Waals surface area contributed by atoms with E-state index in [0.29, 0.717) is 0 Å². The molecule has 1 aromatic rings. The van der Waals surface area contributed by atoms with E-state index in [4.69, 9.17) is 9.84 Å². The lowest BCUT2D eigenvalue weighted by Gasteiger charge is -2.30. The highest BCUT2D eigenvalue weighted by Gasteiger charge is 2.35. The molecule has 0 radical (unpaired) electrons. The Bertz CT molecular complexity index is 688. The van der Waals surface area contributed by atoms with Crippen molar-refractivity contribution in [3.05, 3.63) is 46.7 Å². The van der Waals surface area contributed by atoms with Crippen LogP contribution in [0, 0.1) is 10.1 Å². The van der Waals surface area contributed by atoms with Gasteiger partial charge in [0.25, 0.3) is 5.69 Å². The van der Waals surface area contributed by atoms with Crippen LogP contribution in [0.3, 0.4) is 0 Å². The average Bonchev–Trinajstić information content (AvgIpc) is 2.49. The summed E-state index contributed by atoms with van der Waals surface area (Å²) in [4.78, 5) is 9.61. The van der Waals surface area contributed by atoms with Gasteiger partial charge in [0.2, 0.25) is 10.0 Å². The number of nitro benzene ring substituents is 1. The van der Waals surface area contributed by atoms with Gasteiger partial charge >= 0.3 is 0 Å². The molecular weight excluding hydrogens is 316 g/mol. The van der Waals surface area contributed by atoms with E-state index in [-0.39, 0.29) is 0 Å². The lowest BCUT2D eigenvalue weighted by molar-refractivity contribution is -0.387. The van der Waals surface area contributed by atoms with E-state index in [9.17, 15) is 23.6 Å². The van der Waals surface area contributed by atoms with Gasteiger partial charge in [0.15, 0.2) is 4.90 Å².